The zero-order valence-electron chi connectivity index (χ0n) is 17.0. The van der Waals surface area contributed by atoms with Crippen molar-refractivity contribution in [2.45, 2.75) is 18.7 Å². The lowest BCUT2D eigenvalue weighted by Crippen LogP contribution is -2.38. The lowest BCUT2D eigenvalue weighted by atomic mass is 10.1. The topological polar surface area (TPSA) is 90.0 Å². The van der Waals surface area contributed by atoms with E-state index in [1.165, 1.54) is 13.3 Å². The zero-order chi connectivity index (χ0) is 20.9. The van der Waals surface area contributed by atoms with Gasteiger partial charge < -0.3 is 14.2 Å². The number of hydrogen-bond acceptors (Lipinski definition) is 7. The van der Waals surface area contributed by atoms with Crippen LogP contribution in [0.5, 0.6) is 11.6 Å². The Morgan fingerprint density at radius 3 is 2.55 bits per heavy atom. The third-order valence-electron chi connectivity index (χ3n) is 4.82. The van der Waals surface area contributed by atoms with E-state index >= 15 is 0 Å². The maximum atomic E-state index is 12.8. The maximum absolute atomic E-state index is 12.8. The summed E-state index contributed by atoms with van der Waals surface area (Å²) in [6.07, 6.45) is 1.44. The van der Waals surface area contributed by atoms with Crippen molar-refractivity contribution in [1.29, 1.82) is 0 Å². The molecule has 2 heterocycles. The number of nitrogens with one attached hydrogen (secondary N) is 1. The molecule has 2 aromatic rings. The second kappa shape index (κ2) is 9.43. The lowest BCUT2D eigenvalue weighted by molar-refractivity contribution is 0.0320. The van der Waals surface area contributed by atoms with Gasteiger partial charge in [0.15, 0.2) is 0 Å². The Morgan fingerprint density at radius 1 is 1.17 bits per heavy atom. The monoisotopic (exact) mass is 421 g/mol. The first-order valence-electron chi connectivity index (χ1n) is 9.46. The van der Waals surface area contributed by atoms with Crippen molar-refractivity contribution in [3.05, 3.63) is 41.6 Å². The highest BCUT2D eigenvalue weighted by Crippen LogP contribution is 2.29. The van der Waals surface area contributed by atoms with Crippen molar-refractivity contribution in [3.8, 4) is 11.6 Å². The Labute approximate surface area is 171 Å². The fourth-order valence-corrected chi connectivity index (χ4v) is 4.25. The number of nitrogens with zero attached hydrogens (tertiary/aromatic N) is 2. The van der Waals surface area contributed by atoms with Gasteiger partial charge in [-0.05, 0) is 43.2 Å². The molecule has 1 saturated heterocycles. The molecule has 0 spiro atoms. The third kappa shape index (κ3) is 5.59. The Bertz CT molecular complexity index is 926. The number of ether oxygens (including phenoxy) is 3. The van der Waals surface area contributed by atoms with Gasteiger partial charge in [0.05, 0.1) is 32.2 Å². The summed E-state index contributed by atoms with van der Waals surface area (Å²) in [5, 5.41) is 0. The van der Waals surface area contributed by atoms with Gasteiger partial charge >= 0.3 is 0 Å². The number of sulfonamides is 1. The molecule has 0 aliphatic carbocycles. The van der Waals surface area contributed by atoms with Crippen LogP contribution >= 0.6 is 0 Å². The Balaban J connectivity index is 1.62. The molecule has 158 valence electrons. The highest BCUT2D eigenvalue weighted by Gasteiger charge is 2.21. The van der Waals surface area contributed by atoms with Gasteiger partial charge in [-0.2, -0.15) is 0 Å². The summed E-state index contributed by atoms with van der Waals surface area (Å²) in [6, 6.07) is 6.59. The summed E-state index contributed by atoms with van der Waals surface area (Å²) in [6.45, 7) is 8.38. The van der Waals surface area contributed by atoms with Gasteiger partial charge in [-0.1, -0.05) is 0 Å². The summed E-state index contributed by atoms with van der Waals surface area (Å²) in [5.41, 5.74) is 2.18. The molecule has 0 bridgehead atoms. The minimum absolute atomic E-state index is 0.0916. The van der Waals surface area contributed by atoms with E-state index in [1.54, 1.807) is 24.3 Å². The summed E-state index contributed by atoms with van der Waals surface area (Å²) in [5.74, 6) is 0.751. The standard InChI is InChI=1S/C20H27N3O5S/c1-15-12-18(26-3)19(13-16(15)2)29(24,25)22-17-4-5-20(21-14-17)28-11-8-23-6-9-27-10-7-23/h4-5,12-14,22H,6-11H2,1-3H3. The smallest absolute Gasteiger partial charge is 0.265 e. The average Bonchev–Trinajstić information content (AvgIpc) is 2.71. The first kappa shape index (κ1) is 21.4. The first-order chi connectivity index (χ1) is 13.9. The van der Waals surface area contributed by atoms with E-state index in [0.29, 0.717) is 23.9 Å². The van der Waals surface area contributed by atoms with Crippen molar-refractivity contribution in [1.82, 2.24) is 9.88 Å². The number of aromatic nitrogens is 1. The molecule has 3 rings (SSSR count). The number of methoxy groups -OCH3 is 1. The number of morpholine rings is 1. The molecular weight excluding hydrogens is 394 g/mol. The predicted octanol–water partition coefficient (Wildman–Crippen LogP) is 2.22. The third-order valence-corrected chi connectivity index (χ3v) is 6.22. The molecule has 1 aromatic carbocycles. The summed E-state index contributed by atoms with van der Waals surface area (Å²) in [4.78, 5) is 6.55. The molecule has 1 aromatic heterocycles. The molecule has 1 fully saturated rings. The predicted molar refractivity (Wildman–Crippen MR) is 110 cm³/mol. The molecule has 1 aliphatic rings. The largest absolute Gasteiger partial charge is 0.495 e. The Kier molecular flexibility index (Phi) is 6.94. The zero-order valence-corrected chi connectivity index (χ0v) is 17.8. The van der Waals surface area contributed by atoms with Gasteiger partial charge in [-0.25, -0.2) is 13.4 Å². The highest BCUT2D eigenvalue weighted by molar-refractivity contribution is 7.92. The van der Waals surface area contributed by atoms with Gasteiger partial charge in [-0.15, -0.1) is 0 Å². The van der Waals surface area contributed by atoms with Crippen molar-refractivity contribution in [2.75, 3.05) is 51.3 Å². The average molecular weight is 422 g/mol. The van der Waals surface area contributed by atoms with Gasteiger partial charge in [0.2, 0.25) is 5.88 Å². The Hall–Kier alpha value is -2.36. The second-order valence-electron chi connectivity index (χ2n) is 6.88. The van der Waals surface area contributed by atoms with Crippen LogP contribution in [-0.4, -0.2) is 64.9 Å². The molecule has 0 amide bonds. The van der Waals surface area contributed by atoms with Crippen molar-refractivity contribution in [2.24, 2.45) is 0 Å². The number of rotatable bonds is 8. The van der Waals surface area contributed by atoms with E-state index in [-0.39, 0.29) is 4.90 Å². The normalized spacial score (nSPS) is 15.1. The number of anilines is 1. The van der Waals surface area contributed by atoms with Crippen molar-refractivity contribution < 1.29 is 22.6 Å². The SMILES string of the molecule is COc1cc(C)c(C)cc1S(=O)(=O)Nc1ccc(OCCN2CCOCC2)nc1. The lowest BCUT2D eigenvalue weighted by Gasteiger charge is -2.26. The van der Waals surface area contributed by atoms with Crippen molar-refractivity contribution >= 4 is 15.7 Å². The first-order valence-corrected chi connectivity index (χ1v) is 10.9. The molecule has 29 heavy (non-hydrogen) atoms. The summed E-state index contributed by atoms with van der Waals surface area (Å²) < 4.78 is 44.4. The van der Waals surface area contributed by atoms with Crippen molar-refractivity contribution in [3.63, 3.8) is 0 Å². The number of pyridine rings is 1. The molecular formula is C20H27N3O5S. The fraction of sp³-hybridized carbons (Fsp3) is 0.450. The van der Waals surface area contributed by atoms with Crippen LogP contribution in [0.2, 0.25) is 0 Å². The van der Waals surface area contributed by atoms with Crippen LogP contribution in [0.25, 0.3) is 0 Å². The van der Waals surface area contributed by atoms with Gasteiger partial charge in [0.1, 0.15) is 17.3 Å². The van der Waals surface area contributed by atoms with E-state index in [2.05, 4.69) is 14.6 Å². The van der Waals surface area contributed by atoms with Crippen LogP contribution < -0.4 is 14.2 Å². The highest BCUT2D eigenvalue weighted by atomic mass is 32.2. The van der Waals surface area contributed by atoms with Crippen LogP contribution in [0.15, 0.2) is 35.4 Å². The minimum Gasteiger partial charge on any atom is -0.495 e. The molecule has 0 radical (unpaired) electrons. The molecule has 0 atom stereocenters. The van der Waals surface area contributed by atoms with Crippen LogP contribution in [0.3, 0.4) is 0 Å². The number of aryl methyl sites for hydroxylation is 2. The number of benzene rings is 1. The van der Waals surface area contributed by atoms with Crippen LogP contribution in [0, 0.1) is 13.8 Å². The molecule has 8 nitrogen and oxygen atoms in total. The maximum Gasteiger partial charge on any atom is 0.265 e. The van der Waals surface area contributed by atoms with E-state index in [1.807, 2.05) is 13.8 Å². The Morgan fingerprint density at radius 2 is 1.90 bits per heavy atom. The van der Waals surface area contributed by atoms with E-state index < -0.39 is 10.0 Å². The van der Waals surface area contributed by atoms with E-state index in [9.17, 15) is 8.42 Å². The second-order valence-corrected chi connectivity index (χ2v) is 8.53. The minimum atomic E-state index is -3.81. The molecule has 9 heteroatoms. The summed E-state index contributed by atoms with van der Waals surface area (Å²) >= 11 is 0. The van der Waals surface area contributed by atoms with Crippen LogP contribution in [-0.2, 0) is 14.8 Å². The molecule has 0 saturated carbocycles. The molecule has 1 N–H and O–H groups in total. The summed E-state index contributed by atoms with van der Waals surface area (Å²) in [7, 11) is -2.36. The van der Waals surface area contributed by atoms with Crippen LogP contribution in [0.4, 0.5) is 5.69 Å². The van der Waals surface area contributed by atoms with Gasteiger partial charge in [0, 0.05) is 25.7 Å². The van der Waals surface area contributed by atoms with Gasteiger partial charge in [-0.3, -0.25) is 9.62 Å². The quantitative estimate of drug-likeness (QED) is 0.699. The molecule has 0 unspecified atom stereocenters. The van der Waals surface area contributed by atoms with E-state index in [0.717, 1.165) is 44.0 Å². The van der Waals surface area contributed by atoms with E-state index in [4.69, 9.17) is 14.2 Å². The van der Waals surface area contributed by atoms with Crippen LogP contribution in [0.1, 0.15) is 11.1 Å². The van der Waals surface area contributed by atoms with Gasteiger partial charge in [0.25, 0.3) is 10.0 Å². The molecule has 1 aliphatic heterocycles. The fourth-order valence-electron chi connectivity index (χ4n) is 2.97. The number of hydrogen-bond donors (Lipinski definition) is 1.